The van der Waals surface area contributed by atoms with Crippen LogP contribution in [0.2, 0.25) is 0 Å². The Labute approximate surface area is 83.7 Å². The van der Waals surface area contributed by atoms with Gasteiger partial charge in [0.1, 0.15) is 13.2 Å². The van der Waals surface area contributed by atoms with Crippen LogP contribution in [0.5, 0.6) is 0 Å². The minimum atomic E-state index is 0.681. The minimum Gasteiger partial charge on any atom is -0.476 e. The molecule has 0 amide bonds. The van der Waals surface area contributed by atoms with Crippen molar-refractivity contribution in [1.29, 1.82) is 0 Å². The van der Waals surface area contributed by atoms with Crippen molar-refractivity contribution in [3.05, 3.63) is 25.3 Å². The molecule has 0 radical (unpaired) electrons. The van der Waals surface area contributed by atoms with Crippen molar-refractivity contribution in [1.82, 2.24) is 0 Å². The molecule has 0 atom stereocenters. The second-order valence-electron chi connectivity index (χ2n) is 2.55. The standard InChI is InChI=1S/2C5H7NO/c2*1-2-5-6-3-4-7-5/h2*2H,1,3-4H2. The summed E-state index contributed by atoms with van der Waals surface area (Å²) in [4.78, 5) is 7.86. The highest BCUT2D eigenvalue weighted by molar-refractivity contribution is 5.88. The number of aliphatic imine (C=N–C) groups is 2. The lowest BCUT2D eigenvalue weighted by molar-refractivity contribution is 0.350. The number of nitrogens with zero attached hydrogens (tertiary/aromatic N) is 2. The van der Waals surface area contributed by atoms with Gasteiger partial charge in [-0.3, -0.25) is 0 Å². The molecule has 0 spiro atoms. The van der Waals surface area contributed by atoms with Gasteiger partial charge in [0.05, 0.1) is 13.1 Å². The molecule has 76 valence electrons. The Morgan fingerprint density at radius 3 is 1.50 bits per heavy atom. The molecule has 4 heteroatoms. The van der Waals surface area contributed by atoms with Crippen LogP contribution in [0.4, 0.5) is 0 Å². The number of rotatable bonds is 2. The molecule has 0 saturated heterocycles. The Morgan fingerprint density at radius 1 is 0.929 bits per heavy atom. The van der Waals surface area contributed by atoms with Crippen LogP contribution in [-0.4, -0.2) is 38.1 Å². The quantitative estimate of drug-likeness (QED) is 0.663. The van der Waals surface area contributed by atoms with Crippen molar-refractivity contribution in [2.75, 3.05) is 26.3 Å². The molecule has 2 aliphatic heterocycles. The first-order valence-electron chi connectivity index (χ1n) is 4.46. The molecule has 0 N–H and O–H groups in total. The maximum Gasteiger partial charge on any atom is 0.208 e. The first kappa shape index (κ1) is 10.5. The molecule has 14 heavy (non-hydrogen) atoms. The monoisotopic (exact) mass is 194 g/mol. The first-order valence-corrected chi connectivity index (χ1v) is 4.46. The van der Waals surface area contributed by atoms with Gasteiger partial charge in [0.25, 0.3) is 0 Å². The van der Waals surface area contributed by atoms with Crippen LogP contribution in [0.3, 0.4) is 0 Å². The highest BCUT2D eigenvalue weighted by atomic mass is 16.5. The van der Waals surface area contributed by atoms with Crippen molar-refractivity contribution in [3.63, 3.8) is 0 Å². The molecule has 2 aliphatic rings. The SMILES string of the molecule is C=CC1=NCCO1.C=CC1=NCCO1. The van der Waals surface area contributed by atoms with E-state index in [0.717, 1.165) is 26.3 Å². The van der Waals surface area contributed by atoms with Crippen LogP contribution < -0.4 is 0 Å². The molecular formula is C10H14N2O2. The van der Waals surface area contributed by atoms with E-state index in [1.807, 2.05) is 0 Å². The molecular weight excluding hydrogens is 180 g/mol. The van der Waals surface area contributed by atoms with Crippen molar-refractivity contribution < 1.29 is 9.47 Å². The zero-order chi connectivity index (χ0) is 10.2. The zero-order valence-electron chi connectivity index (χ0n) is 8.11. The molecule has 0 unspecified atom stereocenters. The van der Waals surface area contributed by atoms with Gasteiger partial charge in [-0.25, -0.2) is 9.98 Å². The van der Waals surface area contributed by atoms with Crippen molar-refractivity contribution in [2.24, 2.45) is 9.98 Å². The predicted octanol–water partition coefficient (Wildman–Crippen LogP) is 1.20. The predicted molar refractivity (Wildman–Crippen MR) is 56.9 cm³/mol. The lowest BCUT2D eigenvalue weighted by Gasteiger charge is -1.87. The maximum atomic E-state index is 4.93. The first-order chi connectivity index (χ1) is 6.86. The minimum absolute atomic E-state index is 0.681. The summed E-state index contributed by atoms with van der Waals surface area (Å²) in [6.45, 7) is 10.0. The molecule has 0 aliphatic carbocycles. The zero-order valence-corrected chi connectivity index (χ0v) is 8.11. The molecule has 2 heterocycles. The lowest BCUT2D eigenvalue weighted by Crippen LogP contribution is -1.91. The van der Waals surface area contributed by atoms with Gasteiger partial charge in [0.2, 0.25) is 11.8 Å². The van der Waals surface area contributed by atoms with E-state index in [4.69, 9.17) is 9.47 Å². The van der Waals surface area contributed by atoms with Gasteiger partial charge in [-0.05, 0) is 12.2 Å². The van der Waals surface area contributed by atoms with Gasteiger partial charge >= 0.3 is 0 Å². The van der Waals surface area contributed by atoms with Gasteiger partial charge in [0.15, 0.2) is 0 Å². The second-order valence-corrected chi connectivity index (χ2v) is 2.55. The van der Waals surface area contributed by atoms with E-state index >= 15 is 0 Å². The molecule has 4 nitrogen and oxygen atoms in total. The smallest absolute Gasteiger partial charge is 0.208 e. The van der Waals surface area contributed by atoms with Crippen molar-refractivity contribution >= 4 is 11.8 Å². The maximum absolute atomic E-state index is 4.93. The third-order valence-corrected chi connectivity index (χ3v) is 1.57. The molecule has 0 saturated carbocycles. The summed E-state index contributed by atoms with van der Waals surface area (Å²) in [7, 11) is 0. The Hall–Kier alpha value is -1.58. The number of hydrogen-bond acceptors (Lipinski definition) is 4. The molecule has 0 aromatic heterocycles. The molecule has 0 bridgehead atoms. The summed E-state index contributed by atoms with van der Waals surface area (Å²) >= 11 is 0. The van der Waals surface area contributed by atoms with E-state index in [0.29, 0.717) is 11.8 Å². The highest BCUT2D eigenvalue weighted by Crippen LogP contribution is 1.92. The van der Waals surface area contributed by atoms with E-state index in [9.17, 15) is 0 Å². The Kier molecular flexibility index (Phi) is 4.47. The van der Waals surface area contributed by atoms with Crippen LogP contribution in [0.1, 0.15) is 0 Å². The van der Waals surface area contributed by atoms with Crippen LogP contribution in [0, 0.1) is 0 Å². The van der Waals surface area contributed by atoms with Crippen LogP contribution in [0.25, 0.3) is 0 Å². The van der Waals surface area contributed by atoms with Crippen molar-refractivity contribution in [2.45, 2.75) is 0 Å². The summed E-state index contributed by atoms with van der Waals surface area (Å²) in [6.07, 6.45) is 3.24. The van der Waals surface area contributed by atoms with E-state index < -0.39 is 0 Å². The summed E-state index contributed by atoms with van der Waals surface area (Å²) in [5, 5.41) is 0. The normalized spacial score (nSPS) is 18.0. The van der Waals surface area contributed by atoms with Gasteiger partial charge in [-0.2, -0.15) is 0 Å². The summed E-state index contributed by atoms with van der Waals surface area (Å²) < 4.78 is 9.87. The molecule has 2 rings (SSSR count). The fraction of sp³-hybridized carbons (Fsp3) is 0.400. The Morgan fingerprint density at radius 2 is 1.36 bits per heavy atom. The van der Waals surface area contributed by atoms with Gasteiger partial charge < -0.3 is 9.47 Å². The third-order valence-electron chi connectivity index (χ3n) is 1.57. The lowest BCUT2D eigenvalue weighted by atomic mass is 10.6. The van der Waals surface area contributed by atoms with Crippen LogP contribution in [0.15, 0.2) is 35.3 Å². The molecule has 0 aromatic rings. The average Bonchev–Trinajstić information content (AvgIpc) is 2.92. The van der Waals surface area contributed by atoms with Gasteiger partial charge in [-0.1, -0.05) is 13.2 Å². The largest absolute Gasteiger partial charge is 0.476 e. The second kappa shape index (κ2) is 5.96. The Balaban J connectivity index is 0.000000140. The topological polar surface area (TPSA) is 43.2 Å². The highest BCUT2D eigenvalue weighted by Gasteiger charge is 1.99. The fourth-order valence-electron chi connectivity index (χ4n) is 0.950. The molecule has 0 aromatic carbocycles. The van der Waals surface area contributed by atoms with Crippen molar-refractivity contribution in [3.8, 4) is 0 Å². The summed E-state index contributed by atoms with van der Waals surface area (Å²) in [5.41, 5.74) is 0. The third kappa shape index (κ3) is 3.43. The van der Waals surface area contributed by atoms with E-state index in [-0.39, 0.29) is 0 Å². The van der Waals surface area contributed by atoms with Crippen LogP contribution in [-0.2, 0) is 9.47 Å². The molecule has 0 fully saturated rings. The van der Waals surface area contributed by atoms with Gasteiger partial charge in [0, 0.05) is 0 Å². The number of hydrogen-bond donors (Lipinski definition) is 0. The van der Waals surface area contributed by atoms with E-state index in [1.54, 1.807) is 12.2 Å². The van der Waals surface area contributed by atoms with E-state index in [2.05, 4.69) is 23.1 Å². The van der Waals surface area contributed by atoms with Gasteiger partial charge in [-0.15, -0.1) is 0 Å². The van der Waals surface area contributed by atoms with E-state index in [1.165, 1.54) is 0 Å². The van der Waals surface area contributed by atoms with Crippen LogP contribution >= 0.6 is 0 Å². The fourth-order valence-corrected chi connectivity index (χ4v) is 0.950. The summed E-state index contributed by atoms with van der Waals surface area (Å²) in [5.74, 6) is 1.36. The number of ether oxygens (including phenoxy) is 2. The Bertz CT molecular complexity index is 241. The average molecular weight is 194 g/mol. The summed E-state index contributed by atoms with van der Waals surface area (Å²) in [6, 6.07) is 0.